The van der Waals surface area contributed by atoms with Crippen molar-refractivity contribution in [3.8, 4) is 0 Å². The summed E-state index contributed by atoms with van der Waals surface area (Å²) in [5, 5.41) is 10.3. The van der Waals surface area contributed by atoms with Crippen LogP contribution in [0.1, 0.15) is 47.2 Å². The van der Waals surface area contributed by atoms with Gasteiger partial charge in [0.05, 0.1) is 0 Å². The summed E-state index contributed by atoms with van der Waals surface area (Å²) in [7, 11) is 0. The van der Waals surface area contributed by atoms with E-state index in [0.29, 0.717) is 0 Å². The minimum atomic E-state index is -0.116. The molecule has 0 spiro atoms. The van der Waals surface area contributed by atoms with Crippen molar-refractivity contribution in [2.75, 3.05) is 4.90 Å². The molecular weight excluding hydrogens is 699 g/mol. The molecule has 274 valence electrons. The zero-order valence-electron chi connectivity index (χ0n) is 32.7. The fourth-order valence-corrected chi connectivity index (χ4v) is 9.62. The zero-order chi connectivity index (χ0) is 38.8. The molecule has 1 heteroatoms. The highest BCUT2D eigenvalue weighted by Crippen LogP contribution is 2.51. The van der Waals surface area contributed by atoms with Gasteiger partial charge in [0.25, 0.3) is 0 Å². The Balaban J connectivity index is 1.12. The maximum Gasteiger partial charge on any atom is 0.0468 e. The molecule has 0 N–H and O–H groups in total. The third-order valence-corrected chi connectivity index (χ3v) is 12.4. The molecular formula is C57H41N. The Morgan fingerprint density at radius 3 is 1.47 bits per heavy atom. The Hall–Kier alpha value is -7.22. The quantitative estimate of drug-likeness (QED) is 0.116. The summed E-state index contributed by atoms with van der Waals surface area (Å²) in [6.45, 7) is 4.78. The normalized spacial score (nSPS) is 13.4. The summed E-state index contributed by atoms with van der Waals surface area (Å²) < 4.78 is 0. The highest BCUT2D eigenvalue weighted by Gasteiger charge is 2.34. The highest BCUT2D eigenvalue weighted by atomic mass is 15.1. The van der Waals surface area contributed by atoms with Crippen molar-refractivity contribution in [1.29, 1.82) is 0 Å². The first-order chi connectivity index (χ1) is 28.5. The van der Waals surface area contributed by atoms with Crippen molar-refractivity contribution in [1.82, 2.24) is 0 Å². The predicted molar refractivity (Wildman–Crippen MR) is 248 cm³/mol. The van der Waals surface area contributed by atoms with E-state index in [4.69, 9.17) is 0 Å². The van der Waals surface area contributed by atoms with E-state index in [2.05, 4.69) is 231 Å². The molecule has 0 atom stereocenters. The number of hydrogen-bond donors (Lipinski definition) is 0. The maximum absolute atomic E-state index is 2.49. The Morgan fingerprint density at radius 1 is 0.328 bits per heavy atom. The van der Waals surface area contributed by atoms with E-state index in [0.717, 1.165) is 17.1 Å². The van der Waals surface area contributed by atoms with Crippen molar-refractivity contribution >= 4 is 71.3 Å². The molecule has 0 saturated carbocycles. The number of hydrogen-bond acceptors (Lipinski definition) is 1. The van der Waals surface area contributed by atoms with Gasteiger partial charge >= 0.3 is 0 Å². The van der Waals surface area contributed by atoms with E-state index in [1.165, 1.54) is 87.6 Å². The second-order valence-corrected chi connectivity index (χ2v) is 16.1. The molecule has 10 aromatic carbocycles. The van der Waals surface area contributed by atoms with Crippen molar-refractivity contribution < 1.29 is 0 Å². The van der Waals surface area contributed by atoms with Crippen LogP contribution in [0.2, 0.25) is 0 Å². The molecule has 10 aromatic rings. The van der Waals surface area contributed by atoms with E-state index in [-0.39, 0.29) is 5.41 Å². The van der Waals surface area contributed by atoms with Crippen molar-refractivity contribution in [2.24, 2.45) is 0 Å². The monoisotopic (exact) mass is 739 g/mol. The Morgan fingerprint density at radius 2 is 0.828 bits per heavy atom. The molecule has 0 unspecified atom stereocenters. The van der Waals surface area contributed by atoms with Crippen LogP contribution in [0.15, 0.2) is 212 Å². The summed E-state index contributed by atoms with van der Waals surface area (Å²) in [6.07, 6.45) is 0. The topological polar surface area (TPSA) is 3.24 Å². The van der Waals surface area contributed by atoms with E-state index in [1.54, 1.807) is 0 Å². The molecule has 0 aromatic heterocycles. The molecule has 11 rings (SSSR count). The Labute approximate surface area is 339 Å². The first-order valence-corrected chi connectivity index (χ1v) is 20.3. The number of rotatable bonds is 7. The predicted octanol–water partition coefficient (Wildman–Crippen LogP) is 15.4. The van der Waals surface area contributed by atoms with Gasteiger partial charge in [-0.1, -0.05) is 172 Å². The molecule has 1 nitrogen and oxygen atoms in total. The van der Waals surface area contributed by atoms with Gasteiger partial charge < -0.3 is 4.90 Å². The second kappa shape index (κ2) is 13.5. The van der Waals surface area contributed by atoms with Gasteiger partial charge in [0.2, 0.25) is 0 Å². The summed E-state index contributed by atoms with van der Waals surface area (Å²) in [5.74, 6) is 0. The van der Waals surface area contributed by atoms with Gasteiger partial charge in [0, 0.05) is 22.5 Å². The molecule has 0 saturated heterocycles. The largest absolute Gasteiger partial charge is 0.310 e. The van der Waals surface area contributed by atoms with E-state index >= 15 is 0 Å². The number of benzene rings is 10. The van der Waals surface area contributed by atoms with Gasteiger partial charge in [0.15, 0.2) is 0 Å². The SMILES string of the molecule is CC1(C)c2cccc3ccc4cc(/C(=C(\c5ccccc5)c5ccc6c(ccc7cc(N(c8ccccc8)c8ccccc8)ccc76)c5)c5ccccc5)cc1c4c23. The first kappa shape index (κ1) is 34.1. The summed E-state index contributed by atoms with van der Waals surface area (Å²) in [6, 6.07) is 78.1. The molecule has 1 aliphatic carbocycles. The molecule has 58 heavy (non-hydrogen) atoms. The molecule has 0 amide bonds. The van der Waals surface area contributed by atoms with Crippen molar-refractivity contribution in [2.45, 2.75) is 19.3 Å². The smallest absolute Gasteiger partial charge is 0.0468 e. The van der Waals surface area contributed by atoms with Crippen LogP contribution in [-0.4, -0.2) is 0 Å². The molecule has 1 aliphatic rings. The van der Waals surface area contributed by atoms with Gasteiger partial charge in [-0.25, -0.2) is 0 Å². The molecule has 0 fully saturated rings. The zero-order valence-corrected chi connectivity index (χ0v) is 32.7. The fraction of sp³-hybridized carbons (Fsp3) is 0.0526. The van der Waals surface area contributed by atoms with E-state index in [1.807, 2.05) is 0 Å². The van der Waals surface area contributed by atoms with Crippen LogP contribution >= 0.6 is 0 Å². The van der Waals surface area contributed by atoms with Crippen LogP contribution in [0, 0.1) is 0 Å². The van der Waals surface area contributed by atoms with Crippen LogP contribution in [0.25, 0.3) is 54.2 Å². The average Bonchev–Trinajstić information content (AvgIpc) is 3.52. The van der Waals surface area contributed by atoms with E-state index in [9.17, 15) is 0 Å². The minimum Gasteiger partial charge on any atom is -0.310 e. The lowest BCUT2D eigenvalue weighted by Crippen LogP contribution is -2.15. The lowest BCUT2D eigenvalue weighted by Gasteiger charge is -2.26. The maximum atomic E-state index is 2.49. The Bertz CT molecular complexity index is 3180. The first-order valence-electron chi connectivity index (χ1n) is 20.3. The van der Waals surface area contributed by atoms with Gasteiger partial charge in [0.1, 0.15) is 0 Å². The number of nitrogens with zero attached hydrogens (tertiary/aromatic N) is 1. The third-order valence-electron chi connectivity index (χ3n) is 12.4. The van der Waals surface area contributed by atoms with Gasteiger partial charge in [-0.05, 0) is 142 Å². The van der Waals surface area contributed by atoms with Gasteiger partial charge in [-0.15, -0.1) is 0 Å². The summed E-state index contributed by atoms with van der Waals surface area (Å²) in [5.41, 5.74) is 13.4. The number of para-hydroxylation sites is 2. The number of fused-ring (bicyclic) bond motifs is 3. The summed E-state index contributed by atoms with van der Waals surface area (Å²) in [4.78, 5) is 2.33. The fourth-order valence-electron chi connectivity index (χ4n) is 9.62. The summed E-state index contributed by atoms with van der Waals surface area (Å²) >= 11 is 0. The van der Waals surface area contributed by atoms with E-state index < -0.39 is 0 Å². The van der Waals surface area contributed by atoms with Crippen LogP contribution in [0.5, 0.6) is 0 Å². The molecule has 0 aliphatic heterocycles. The standard InChI is InChI=1S/C57H41N/c1-57(2)51-25-15-20-40-26-29-44-35-45(37-52(57)56(44)55(40)51)54(39-18-9-4-10-19-39)53(38-16-7-3-8-17-38)43-30-32-49-41(34-43)27-28-42-36-48(31-33-50(42)49)58(46-21-11-5-12-22-46)47-23-13-6-14-24-47/h3-37H,1-2H3/b54-53+. The van der Waals surface area contributed by atoms with Gasteiger partial charge in [-0.2, -0.15) is 0 Å². The van der Waals surface area contributed by atoms with Crippen LogP contribution in [0.3, 0.4) is 0 Å². The lowest BCUT2D eigenvalue weighted by atomic mass is 9.79. The number of anilines is 3. The minimum absolute atomic E-state index is 0.116. The highest BCUT2D eigenvalue weighted by molar-refractivity contribution is 6.17. The molecule has 0 radical (unpaired) electrons. The van der Waals surface area contributed by atoms with Crippen molar-refractivity contribution in [3.05, 3.63) is 246 Å². The lowest BCUT2D eigenvalue weighted by molar-refractivity contribution is 0.662. The van der Waals surface area contributed by atoms with Crippen molar-refractivity contribution in [3.63, 3.8) is 0 Å². The second-order valence-electron chi connectivity index (χ2n) is 16.1. The molecule has 0 bridgehead atoms. The Kier molecular flexibility index (Phi) is 7.91. The molecule has 0 heterocycles. The van der Waals surface area contributed by atoms with Crippen LogP contribution in [0.4, 0.5) is 17.1 Å². The van der Waals surface area contributed by atoms with Crippen LogP contribution in [-0.2, 0) is 5.41 Å². The van der Waals surface area contributed by atoms with Crippen LogP contribution < -0.4 is 4.90 Å². The average molecular weight is 740 g/mol. The van der Waals surface area contributed by atoms with Gasteiger partial charge in [-0.3, -0.25) is 0 Å². The third kappa shape index (κ3) is 5.46.